The number of anilines is 2. The minimum Gasteiger partial charge on any atom is -0.399 e. The van der Waals surface area contributed by atoms with Crippen LogP contribution in [0.15, 0.2) is 54.8 Å². The average molecular weight is 590 g/mol. The van der Waals surface area contributed by atoms with Crippen LogP contribution in [0.1, 0.15) is 61.9 Å². The molecule has 0 bridgehead atoms. The van der Waals surface area contributed by atoms with Crippen molar-refractivity contribution in [3.63, 3.8) is 0 Å². The van der Waals surface area contributed by atoms with Crippen molar-refractivity contribution < 1.29 is 13.6 Å². The molecule has 1 aromatic heterocycles. The SMILES string of the molecule is Cc1cccc(C(Nc2cc(C#N)c3ncnc(NCC(C)(C)C)c3c2)/C(N)=C/N(N)C2(C(F)F)CC2)c1/C=C\NC=O. The van der Waals surface area contributed by atoms with Crippen molar-refractivity contribution in [2.75, 3.05) is 17.2 Å². The normalized spacial score (nSPS) is 15.3. The molecule has 0 radical (unpaired) electrons. The van der Waals surface area contributed by atoms with Crippen LogP contribution in [-0.2, 0) is 4.79 Å². The monoisotopic (exact) mass is 589 g/mol. The van der Waals surface area contributed by atoms with Gasteiger partial charge in [-0.25, -0.2) is 24.6 Å². The fraction of sp³-hybridized carbons (Fsp3) is 0.355. The summed E-state index contributed by atoms with van der Waals surface area (Å²) >= 11 is 0. The number of fused-ring (bicyclic) bond motifs is 1. The molecule has 1 amide bonds. The minimum absolute atomic E-state index is 0.0332. The van der Waals surface area contributed by atoms with Gasteiger partial charge in [-0.05, 0) is 60.1 Å². The van der Waals surface area contributed by atoms with Crippen LogP contribution >= 0.6 is 0 Å². The summed E-state index contributed by atoms with van der Waals surface area (Å²) in [6, 6.07) is 10.5. The van der Waals surface area contributed by atoms with Gasteiger partial charge in [0.05, 0.1) is 22.8 Å². The molecule has 43 heavy (non-hydrogen) atoms. The number of hydrogen-bond acceptors (Lipinski definition) is 9. The molecule has 4 rings (SSSR count). The highest BCUT2D eigenvalue weighted by atomic mass is 19.3. The number of amides is 1. The number of hydrogen-bond donors (Lipinski definition) is 5. The van der Waals surface area contributed by atoms with E-state index in [0.29, 0.717) is 46.5 Å². The topological polar surface area (TPSA) is 158 Å². The molecular weight excluding hydrogens is 552 g/mol. The summed E-state index contributed by atoms with van der Waals surface area (Å²) in [6.45, 7) is 8.81. The van der Waals surface area contributed by atoms with E-state index >= 15 is 0 Å². The van der Waals surface area contributed by atoms with Crippen molar-refractivity contribution >= 4 is 34.9 Å². The van der Waals surface area contributed by atoms with E-state index in [9.17, 15) is 18.8 Å². The maximum Gasteiger partial charge on any atom is 0.262 e. The quantitative estimate of drug-likeness (QED) is 0.112. The van der Waals surface area contributed by atoms with Gasteiger partial charge in [-0.1, -0.05) is 39.0 Å². The van der Waals surface area contributed by atoms with Gasteiger partial charge < -0.3 is 26.7 Å². The molecule has 1 aliphatic rings. The Balaban J connectivity index is 1.85. The summed E-state index contributed by atoms with van der Waals surface area (Å²) in [6.07, 6.45) is 4.38. The lowest BCUT2D eigenvalue weighted by Gasteiger charge is -2.29. The first-order valence-corrected chi connectivity index (χ1v) is 13.8. The third-order valence-electron chi connectivity index (χ3n) is 7.34. The number of rotatable bonds is 12. The highest BCUT2D eigenvalue weighted by molar-refractivity contribution is 5.95. The third-order valence-corrected chi connectivity index (χ3v) is 7.34. The largest absolute Gasteiger partial charge is 0.399 e. The Labute approximate surface area is 249 Å². The van der Waals surface area contributed by atoms with Crippen LogP contribution in [-0.4, -0.2) is 39.9 Å². The van der Waals surface area contributed by atoms with Crippen LogP contribution in [0.3, 0.4) is 0 Å². The van der Waals surface area contributed by atoms with Gasteiger partial charge in [0.1, 0.15) is 23.8 Å². The summed E-state index contributed by atoms with van der Waals surface area (Å²) < 4.78 is 27.7. The molecular formula is C31H37F2N9O. The molecule has 226 valence electrons. The first-order valence-electron chi connectivity index (χ1n) is 13.8. The molecule has 0 spiro atoms. The maximum absolute atomic E-state index is 13.8. The number of halogens is 2. The van der Waals surface area contributed by atoms with Gasteiger partial charge in [0, 0.05) is 30.0 Å². The van der Waals surface area contributed by atoms with Crippen molar-refractivity contribution in [3.8, 4) is 6.07 Å². The first-order chi connectivity index (χ1) is 20.4. The molecule has 0 aliphatic heterocycles. The number of carbonyl (C=O) groups is 1. The Hall–Kier alpha value is -4.76. The predicted molar refractivity (Wildman–Crippen MR) is 164 cm³/mol. The van der Waals surface area contributed by atoms with Gasteiger partial charge in [0.2, 0.25) is 6.41 Å². The number of aryl methyl sites for hydroxylation is 1. The van der Waals surface area contributed by atoms with E-state index in [2.05, 4.69) is 52.8 Å². The zero-order valence-electron chi connectivity index (χ0n) is 24.7. The van der Waals surface area contributed by atoms with Crippen molar-refractivity contribution in [2.24, 2.45) is 17.0 Å². The van der Waals surface area contributed by atoms with Crippen LogP contribution in [0.2, 0.25) is 0 Å². The standard InChI is InChI=1S/C31H37F2N9O/c1-19-6-5-7-23(22(19)8-11-37-18-43)27(25(35)15-42(36)31(9-10-31)29(32)33)41-21-12-20(14-34)26-24(13-21)28(40-17-39-26)38-16-30(2,3)4/h5-8,11-13,15,17-18,27,29,41H,9-10,16,35-36H2,1-4H3,(H,37,43)(H,38,39,40)/b11-8-,25-15-. The van der Waals surface area contributed by atoms with Crippen LogP contribution in [0.4, 0.5) is 20.3 Å². The molecule has 1 fully saturated rings. The number of nitrogens with two attached hydrogens (primary N) is 2. The highest BCUT2D eigenvalue weighted by Gasteiger charge is 2.54. The zero-order valence-corrected chi connectivity index (χ0v) is 24.7. The summed E-state index contributed by atoms with van der Waals surface area (Å²) in [5.74, 6) is 6.71. The number of alkyl halides is 2. The summed E-state index contributed by atoms with van der Waals surface area (Å²) in [5, 5.41) is 20.9. The molecule has 1 atom stereocenters. The summed E-state index contributed by atoms with van der Waals surface area (Å²) in [4.78, 5) is 19.7. The Morgan fingerprint density at radius 1 is 1.26 bits per heavy atom. The van der Waals surface area contributed by atoms with Crippen LogP contribution in [0, 0.1) is 23.7 Å². The van der Waals surface area contributed by atoms with Crippen LogP contribution in [0.5, 0.6) is 0 Å². The van der Waals surface area contributed by atoms with Gasteiger partial charge in [-0.3, -0.25) is 4.79 Å². The second kappa shape index (κ2) is 12.6. The molecule has 7 N–H and O–H groups in total. The molecule has 1 heterocycles. The van der Waals surface area contributed by atoms with E-state index < -0.39 is 18.0 Å². The van der Waals surface area contributed by atoms with E-state index in [4.69, 9.17) is 11.6 Å². The predicted octanol–water partition coefficient (Wildman–Crippen LogP) is 4.91. The van der Waals surface area contributed by atoms with Crippen molar-refractivity contribution in [2.45, 2.75) is 58.5 Å². The molecule has 3 aromatic rings. The number of nitrogens with one attached hydrogen (secondary N) is 3. The zero-order chi connectivity index (χ0) is 31.4. The molecule has 2 aromatic carbocycles. The van der Waals surface area contributed by atoms with Crippen molar-refractivity contribution in [3.05, 3.63) is 77.0 Å². The second-order valence-electron chi connectivity index (χ2n) is 11.9. The Bertz CT molecular complexity index is 1590. The molecule has 1 unspecified atom stereocenters. The van der Waals surface area contributed by atoms with Gasteiger partial charge in [-0.2, -0.15) is 5.26 Å². The van der Waals surface area contributed by atoms with Gasteiger partial charge >= 0.3 is 0 Å². The summed E-state index contributed by atoms with van der Waals surface area (Å²) in [5.41, 5.74) is 8.98. The molecule has 12 heteroatoms. The van der Waals surface area contributed by atoms with Crippen LogP contribution in [0.25, 0.3) is 17.0 Å². The Morgan fingerprint density at radius 2 is 2.00 bits per heavy atom. The second-order valence-corrected chi connectivity index (χ2v) is 11.9. The number of nitriles is 1. The Kier molecular flexibility index (Phi) is 9.16. The third kappa shape index (κ3) is 7.01. The minimum atomic E-state index is -2.64. The fourth-order valence-corrected chi connectivity index (χ4v) is 4.77. The van der Waals surface area contributed by atoms with Crippen molar-refractivity contribution in [1.82, 2.24) is 20.3 Å². The molecule has 0 saturated heterocycles. The number of hydrazine groups is 1. The van der Waals surface area contributed by atoms with Crippen molar-refractivity contribution in [1.29, 1.82) is 5.26 Å². The first kappa shape index (κ1) is 31.2. The summed E-state index contributed by atoms with van der Waals surface area (Å²) in [7, 11) is 0. The van der Waals surface area contributed by atoms with Gasteiger partial charge in [-0.15, -0.1) is 0 Å². The Morgan fingerprint density at radius 3 is 2.63 bits per heavy atom. The lowest BCUT2D eigenvalue weighted by atomic mass is 9.94. The lowest BCUT2D eigenvalue weighted by molar-refractivity contribution is -0.108. The van der Waals surface area contributed by atoms with E-state index in [1.165, 1.54) is 18.7 Å². The van der Waals surface area contributed by atoms with Gasteiger partial charge in [0.15, 0.2) is 0 Å². The van der Waals surface area contributed by atoms with E-state index in [0.717, 1.165) is 16.1 Å². The lowest BCUT2D eigenvalue weighted by Crippen LogP contribution is -2.44. The van der Waals surface area contributed by atoms with E-state index in [1.54, 1.807) is 12.1 Å². The average Bonchev–Trinajstić information content (AvgIpc) is 3.77. The molecule has 1 aliphatic carbocycles. The number of carbonyl (C=O) groups excluding carboxylic acids is 1. The van der Waals surface area contributed by atoms with E-state index in [1.807, 2.05) is 31.2 Å². The molecule has 10 nitrogen and oxygen atoms in total. The van der Waals surface area contributed by atoms with Gasteiger partial charge in [0.25, 0.3) is 6.43 Å². The number of aromatic nitrogens is 2. The maximum atomic E-state index is 13.8. The fourth-order valence-electron chi connectivity index (χ4n) is 4.77. The van der Waals surface area contributed by atoms with Crippen LogP contribution < -0.4 is 27.5 Å². The smallest absolute Gasteiger partial charge is 0.262 e. The number of nitrogens with zero attached hydrogens (tertiary/aromatic N) is 4. The van der Waals surface area contributed by atoms with E-state index in [-0.39, 0.29) is 24.0 Å². The number of benzene rings is 2. The molecule has 1 saturated carbocycles. The highest BCUT2D eigenvalue weighted by Crippen LogP contribution is 2.46.